The van der Waals surface area contributed by atoms with Crippen molar-refractivity contribution < 1.29 is 14.7 Å². The van der Waals surface area contributed by atoms with Crippen LogP contribution >= 0.6 is 0 Å². The number of nitrogens with one attached hydrogen (secondary N) is 1. The number of hydrogen-bond acceptors (Lipinski definition) is 3. The number of carbonyl (C=O) groups excluding carboxylic acids is 1. The van der Waals surface area contributed by atoms with Crippen LogP contribution in [0.1, 0.15) is 12.8 Å². The minimum atomic E-state index is -1.01. The third-order valence-electron chi connectivity index (χ3n) is 4.05. The number of primary amides is 1. The van der Waals surface area contributed by atoms with Crippen LogP contribution < -0.4 is 11.1 Å². The van der Waals surface area contributed by atoms with Gasteiger partial charge in [0.05, 0.1) is 0 Å². The fourth-order valence-corrected chi connectivity index (χ4v) is 2.82. The molecule has 4 N–H and O–H groups in total. The van der Waals surface area contributed by atoms with Gasteiger partial charge in [0.25, 0.3) is 0 Å². The third kappa shape index (κ3) is 3.30. The molecule has 0 heterocycles. The minimum absolute atomic E-state index is 0.0255. The number of fused-ring (bicyclic) bond motifs is 2. The summed E-state index contributed by atoms with van der Waals surface area (Å²) in [5, 5.41) is 16.6. The van der Waals surface area contributed by atoms with Gasteiger partial charge in [-0.1, -0.05) is 36.4 Å². The summed E-state index contributed by atoms with van der Waals surface area (Å²) in [5.41, 5.74) is 5.86. The molecule has 0 aliphatic carbocycles. The number of nitrogens with two attached hydrogens (primary N) is 1. The normalized spacial score (nSPS) is 12.2. The molecule has 3 aromatic carbocycles. The molecule has 0 bridgehead atoms. The van der Waals surface area contributed by atoms with Crippen LogP contribution in [0.3, 0.4) is 0 Å². The van der Waals surface area contributed by atoms with Gasteiger partial charge < -0.3 is 16.2 Å². The summed E-state index contributed by atoms with van der Waals surface area (Å²) < 4.78 is 0. The van der Waals surface area contributed by atoms with Gasteiger partial charge in [-0.05, 0) is 40.8 Å². The monoisotopic (exact) mass is 322 g/mol. The third-order valence-corrected chi connectivity index (χ3v) is 4.05. The van der Waals surface area contributed by atoms with Crippen LogP contribution in [0, 0.1) is 0 Å². The average Bonchev–Trinajstić information content (AvgIpc) is 2.56. The van der Waals surface area contributed by atoms with E-state index in [9.17, 15) is 14.7 Å². The fourth-order valence-electron chi connectivity index (χ4n) is 2.82. The van der Waals surface area contributed by atoms with Crippen LogP contribution in [-0.4, -0.2) is 23.0 Å². The standard InChI is InChI=1S/C19H18N2O3/c20-18(22)9-8-17(19(23)24)21-16-7-3-6-14-10-12-4-1-2-5-13(12)11-15(14)16/h1-7,10-11,17,21H,8-9H2,(H2,20,22)(H,23,24)/t17-/m0/s1. The SMILES string of the molecule is NC(=O)CC[C@H](Nc1cccc2cc3ccccc3cc12)C(=O)O. The predicted molar refractivity (Wildman–Crippen MR) is 94.9 cm³/mol. The van der Waals surface area contributed by atoms with Crippen LogP contribution in [-0.2, 0) is 9.59 Å². The summed E-state index contributed by atoms with van der Waals surface area (Å²) in [6.07, 6.45) is 0.173. The molecule has 0 radical (unpaired) electrons. The van der Waals surface area contributed by atoms with E-state index in [0.717, 1.165) is 27.2 Å². The maximum atomic E-state index is 11.5. The van der Waals surface area contributed by atoms with Gasteiger partial charge in [-0.3, -0.25) is 4.79 Å². The topological polar surface area (TPSA) is 92.4 Å². The number of carboxylic acids is 1. The van der Waals surface area contributed by atoms with Crippen LogP contribution in [0.15, 0.2) is 54.6 Å². The molecule has 24 heavy (non-hydrogen) atoms. The Morgan fingerprint density at radius 1 is 1.00 bits per heavy atom. The lowest BCUT2D eigenvalue weighted by Crippen LogP contribution is -2.30. The largest absolute Gasteiger partial charge is 0.480 e. The highest BCUT2D eigenvalue weighted by molar-refractivity contribution is 6.04. The van der Waals surface area contributed by atoms with Crippen molar-refractivity contribution in [3.8, 4) is 0 Å². The van der Waals surface area contributed by atoms with Crippen molar-refractivity contribution in [3.63, 3.8) is 0 Å². The van der Waals surface area contributed by atoms with Gasteiger partial charge >= 0.3 is 5.97 Å². The zero-order valence-electron chi connectivity index (χ0n) is 13.0. The highest BCUT2D eigenvalue weighted by Gasteiger charge is 2.18. The summed E-state index contributed by atoms with van der Waals surface area (Å²) in [7, 11) is 0. The van der Waals surface area contributed by atoms with E-state index in [1.165, 1.54) is 0 Å². The van der Waals surface area contributed by atoms with E-state index in [2.05, 4.69) is 11.4 Å². The Hall–Kier alpha value is -3.08. The first kappa shape index (κ1) is 15.8. The molecular weight excluding hydrogens is 304 g/mol. The van der Waals surface area contributed by atoms with Crippen molar-refractivity contribution >= 4 is 39.1 Å². The second-order valence-corrected chi connectivity index (χ2v) is 5.77. The Labute approximate surface area is 139 Å². The average molecular weight is 322 g/mol. The van der Waals surface area contributed by atoms with E-state index < -0.39 is 17.9 Å². The van der Waals surface area contributed by atoms with Gasteiger partial charge in [-0.15, -0.1) is 0 Å². The summed E-state index contributed by atoms with van der Waals surface area (Å²) in [4.78, 5) is 22.4. The molecule has 0 saturated heterocycles. The quantitative estimate of drug-likeness (QED) is 0.608. The molecule has 122 valence electrons. The number of amides is 1. The van der Waals surface area contributed by atoms with Crippen molar-refractivity contribution in [3.05, 3.63) is 54.6 Å². The number of carbonyl (C=O) groups is 2. The Kier molecular flexibility index (Phi) is 4.33. The Balaban J connectivity index is 2.00. The van der Waals surface area contributed by atoms with Crippen molar-refractivity contribution in [1.29, 1.82) is 0 Å². The van der Waals surface area contributed by atoms with E-state index in [0.29, 0.717) is 0 Å². The molecule has 0 spiro atoms. The first-order valence-corrected chi connectivity index (χ1v) is 7.74. The van der Waals surface area contributed by atoms with Gasteiger partial charge in [0.15, 0.2) is 0 Å². The van der Waals surface area contributed by atoms with Crippen LogP contribution in [0.25, 0.3) is 21.5 Å². The summed E-state index contributed by atoms with van der Waals surface area (Å²) in [6.45, 7) is 0. The highest BCUT2D eigenvalue weighted by Crippen LogP contribution is 2.29. The lowest BCUT2D eigenvalue weighted by Gasteiger charge is -2.17. The molecular formula is C19H18N2O3. The predicted octanol–water partition coefficient (Wildman–Crippen LogP) is 3.12. The van der Waals surface area contributed by atoms with Crippen molar-refractivity contribution in [2.75, 3.05) is 5.32 Å². The van der Waals surface area contributed by atoms with Crippen LogP contribution in [0.4, 0.5) is 5.69 Å². The number of rotatable bonds is 6. The van der Waals surface area contributed by atoms with Crippen LogP contribution in [0.2, 0.25) is 0 Å². The number of aliphatic carboxylic acids is 1. The Bertz CT molecular complexity index is 921. The minimum Gasteiger partial charge on any atom is -0.480 e. The van der Waals surface area contributed by atoms with Crippen molar-refractivity contribution in [1.82, 2.24) is 0 Å². The first-order chi connectivity index (χ1) is 11.5. The molecule has 5 nitrogen and oxygen atoms in total. The zero-order valence-corrected chi connectivity index (χ0v) is 13.0. The number of hydrogen-bond donors (Lipinski definition) is 3. The molecule has 1 atom stereocenters. The highest BCUT2D eigenvalue weighted by atomic mass is 16.4. The maximum Gasteiger partial charge on any atom is 0.326 e. The van der Waals surface area contributed by atoms with Gasteiger partial charge in [0.1, 0.15) is 6.04 Å². The summed E-state index contributed by atoms with van der Waals surface area (Å²) in [6, 6.07) is 17.0. The molecule has 0 aliphatic heterocycles. The lowest BCUT2D eigenvalue weighted by atomic mass is 10.0. The van der Waals surface area contributed by atoms with Crippen LogP contribution in [0.5, 0.6) is 0 Å². The molecule has 0 aliphatic rings. The van der Waals surface area contributed by atoms with E-state index >= 15 is 0 Å². The van der Waals surface area contributed by atoms with Crippen molar-refractivity contribution in [2.45, 2.75) is 18.9 Å². The Morgan fingerprint density at radius 2 is 1.67 bits per heavy atom. The number of benzene rings is 3. The molecule has 0 fully saturated rings. The first-order valence-electron chi connectivity index (χ1n) is 7.74. The smallest absolute Gasteiger partial charge is 0.326 e. The van der Waals surface area contributed by atoms with Gasteiger partial charge in [-0.2, -0.15) is 0 Å². The second kappa shape index (κ2) is 6.58. The lowest BCUT2D eigenvalue weighted by molar-refractivity contribution is -0.138. The second-order valence-electron chi connectivity index (χ2n) is 5.77. The van der Waals surface area contributed by atoms with E-state index in [1.807, 2.05) is 48.5 Å². The van der Waals surface area contributed by atoms with E-state index in [4.69, 9.17) is 5.73 Å². The molecule has 1 amide bonds. The van der Waals surface area contributed by atoms with E-state index in [1.54, 1.807) is 0 Å². The molecule has 0 unspecified atom stereocenters. The molecule has 0 aromatic heterocycles. The molecule has 5 heteroatoms. The molecule has 3 rings (SSSR count). The summed E-state index contributed by atoms with van der Waals surface area (Å²) >= 11 is 0. The fraction of sp³-hybridized carbons (Fsp3) is 0.158. The van der Waals surface area contributed by atoms with E-state index in [-0.39, 0.29) is 12.8 Å². The van der Waals surface area contributed by atoms with Crippen molar-refractivity contribution in [2.24, 2.45) is 5.73 Å². The van der Waals surface area contributed by atoms with Gasteiger partial charge in [-0.25, -0.2) is 4.79 Å². The summed E-state index contributed by atoms with van der Waals surface area (Å²) in [5.74, 6) is -1.51. The van der Waals surface area contributed by atoms with Gasteiger partial charge in [0, 0.05) is 17.5 Å². The number of anilines is 1. The molecule has 3 aromatic rings. The molecule has 0 saturated carbocycles. The zero-order chi connectivity index (χ0) is 17.1. The van der Waals surface area contributed by atoms with Gasteiger partial charge in [0.2, 0.25) is 5.91 Å². The maximum absolute atomic E-state index is 11.5. The Morgan fingerprint density at radius 3 is 2.33 bits per heavy atom. The number of carboxylic acid groups (broad SMARTS) is 1.